The van der Waals surface area contributed by atoms with E-state index in [1.165, 1.54) is 0 Å². The lowest BCUT2D eigenvalue weighted by Crippen LogP contribution is -2.26. The second-order valence-corrected chi connectivity index (χ2v) is 10.0. The summed E-state index contributed by atoms with van der Waals surface area (Å²) in [6.07, 6.45) is 0. The zero-order valence-electron chi connectivity index (χ0n) is 22.8. The van der Waals surface area contributed by atoms with Gasteiger partial charge in [-0.05, 0) is 109 Å². The zero-order valence-corrected chi connectivity index (χ0v) is 24.3. The van der Waals surface area contributed by atoms with Crippen LogP contribution in [0.5, 0.6) is 0 Å². The highest BCUT2D eigenvalue weighted by molar-refractivity contribution is 6.31. The molecule has 0 radical (unpaired) electrons. The van der Waals surface area contributed by atoms with Crippen molar-refractivity contribution >= 4 is 46.4 Å². The van der Waals surface area contributed by atoms with E-state index in [1.807, 2.05) is 44.2 Å². The number of amides is 2. The molecule has 0 fully saturated rings. The molecule has 0 atom stereocenters. The van der Waals surface area contributed by atoms with E-state index < -0.39 is 0 Å². The normalized spacial score (nSPS) is 10.2. The summed E-state index contributed by atoms with van der Waals surface area (Å²) in [6, 6.07) is 27.0. The van der Waals surface area contributed by atoms with Crippen LogP contribution in [0.4, 0.5) is 11.4 Å². The molecule has 0 saturated heterocycles. The van der Waals surface area contributed by atoms with Crippen LogP contribution >= 0.6 is 23.2 Å². The van der Waals surface area contributed by atoms with Crippen LogP contribution in [-0.2, 0) is 6.54 Å². The fourth-order valence-electron chi connectivity index (χ4n) is 3.93. The second kappa shape index (κ2) is 13.8. The van der Waals surface area contributed by atoms with Gasteiger partial charge in [0.15, 0.2) is 0 Å². The molecule has 2 N–H and O–H groups in total. The van der Waals surface area contributed by atoms with Crippen molar-refractivity contribution < 1.29 is 9.59 Å². The first-order chi connectivity index (χ1) is 19.0. The van der Waals surface area contributed by atoms with Crippen LogP contribution in [0.1, 0.15) is 43.0 Å². The Morgan fingerprint density at radius 1 is 0.725 bits per heavy atom. The Bertz CT molecular complexity index is 1550. The van der Waals surface area contributed by atoms with Gasteiger partial charge in [-0.1, -0.05) is 29.3 Å². The van der Waals surface area contributed by atoms with Crippen molar-refractivity contribution in [2.24, 2.45) is 5.73 Å². The minimum atomic E-state index is -0.125. The third-order valence-corrected chi connectivity index (χ3v) is 6.94. The maximum atomic E-state index is 12.4. The first kappa shape index (κ1) is 30.4. The van der Waals surface area contributed by atoms with Crippen molar-refractivity contribution in [2.75, 3.05) is 23.9 Å². The summed E-state index contributed by atoms with van der Waals surface area (Å²) >= 11 is 11.7. The lowest BCUT2D eigenvalue weighted by atomic mass is 10.0. The fourth-order valence-corrected chi connectivity index (χ4v) is 4.18. The van der Waals surface area contributed by atoms with Gasteiger partial charge < -0.3 is 15.5 Å². The average Bonchev–Trinajstić information content (AvgIpc) is 2.96. The number of nitrogens with two attached hydrogens (primary N) is 1. The molecular formula is C32H30Cl2N4O2. The van der Waals surface area contributed by atoms with E-state index in [9.17, 15) is 9.59 Å². The van der Waals surface area contributed by atoms with Crippen molar-refractivity contribution in [3.8, 4) is 6.07 Å². The van der Waals surface area contributed by atoms with Crippen LogP contribution in [0, 0.1) is 25.2 Å². The molecule has 0 heterocycles. The van der Waals surface area contributed by atoms with Crippen LogP contribution in [0.15, 0.2) is 84.9 Å². The number of rotatable bonds is 5. The van der Waals surface area contributed by atoms with E-state index in [4.69, 9.17) is 34.2 Å². The molecule has 4 rings (SSSR count). The summed E-state index contributed by atoms with van der Waals surface area (Å²) in [5, 5.41) is 10.2. The van der Waals surface area contributed by atoms with Gasteiger partial charge in [-0.15, -0.1) is 0 Å². The molecule has 0 bridgehead atoms. The smallest absolute Gasteiger partial charge is 0.258 e. The lowest BCUT2D eigenvalue weighted by Gasteiger charge is -2.18. The molecule has 8 heteroatoms. The van der Waals surface area contributed by atoms with Crippen molar-refractivity contribution in [3.63, 3.8) is 0 Å². The molecule has 2 amide bonds. The Kier molecular flexibility index (Phi) is 10.5. The summed E-state index contributed by atoms with van der Waals surface area (Å²) in [5.41, 5.74) is 11.9. The number of hydrogen-bond donors (Lipinski definition) is 1. The van der Waals surface area contributed by atoms with Crippen molar-refractivity contribution in [2.45, 2.75) is 20.4 Å². The van der Waals surface area contributed by atoms with Gasteiger partial charge in [0.2, 0.25) is 0 Å². The highest BCUT2D eigenvalue weighted by Gasteiger charge is 2.15. The number of benzene rings is 4. The summed E-state index contributed by atoms with van der Waals surface area (Å²) in [5.74, 6) is -0.182. The number of carbonyl (C=O) groups is 2. The Hall–Kier alpha value is -4.15. The minimum absolute atomic E-state index is 0.0565. The average molecular weight is 574 g/mol. The van der Waals surface area contributed by atoms with Gasteiger partial charge in [0.05, 0.1) is 11.6 Å². The quantitative estimate of drug-likeness (QED) is 0.274. The van der Waals surface area contributed by atoms with Crippen molar-refractivity contribution in [3.05, 3.63) is 128 Å². The first-order valence-corrected chi connectivity index (χ1v) is 13.2. The number of hydrogen-bond acceptors (Lipinski definition) is 4. The maximum Gasteiger partial charge on any atom is 0.258 e. The Labute approximate surface area is 245 Å². The van der Waals surface area contributed by atoms with E-state index in [0.29, 0.717) is 33.3 Å². The molecule has 0 aliphatic rings. The minimum Gasteiger partial charge on any atom is -0.326 e. The fraction of sp³-hybridized carbons (Fsp3) is 0.156. The summed E-state index contributed by atoms with van der Waals surface area (Å²) in [6.45, 7) is 4.26. The molecule has 0 aromatic heterocycles. The Morgan fingerprint density at radius 2 is 1.15 bits per heavy atom. The topological polar surface area (TPSA) is 90.4 Å². The zero-order chi connectivity index (χ0) is 29.4. The number of nitriles is 1. The molecule has 0 unspecified atom stereocenters. The third kappa shape index (κ3) is 7.49. The Morgan fingerprint density at radius 3 is 1.52 bits per heavy atom. The number of anilines is 2. The van der Waals surface area contributed by atoms with E-state index in [2.05, 4.69) is 6.07 Å². The lowest BCUT2D eigenvalue weighted by molar-refractivity contribution is 0.0985. The van der Waals surface area contributed by atoms with Crippen LogP contribution in [0.25, 0.3) is 0 Å². The van der Waals surface area contributed by atoms with E-state index in [1.54, 1.807) is 78.5 Å². The number of nitrogens with zero attached hydrogens (tertiary/aromatic N) is 3. The second-order valence-electron chi connectivity index (χ2n) is 9.17. The maximum absolute atomic E-state index is 12.4. The molecule has 204 valence electrons. The molecule has 4 aromatic rings. The van der Waals surface area contributed by atoms with Crippen LogP contribution in [-0.4, -0.2) is 25.9 Å². The standard InChI is InChI=1S/C16H17ClN2O.C16H13ClN2O/c2*1-11-9-12(3-4-13(11)10-18)16(20)19(2)15-7-5-14(17)6-8-15/h3-9H,10,18H2,1-2H3;3-9H,1-2H3. The highest BCUT2D eigenvalue weighted by Crippen LogP contribution is 2.21. The molecule has 0 spiro atoms. The van der Waals surface area contributed by atoms with E-state index >= 15 is 0 Å². The molecular weight excluding hydrogens is 543 g/mol. The van der Waals surface area contributed by atoms with Crippen molar-refractivity contribution in [1.82, 2.24) is 0 Å². The van der Waals surface area contributed by atoms with Gasteiger partial charge in [0, 0.05) is 53.2 Å². The van der Waals surface area contributed by atoms with Crippen LogP contribution < -0.4 is 15.5 Å². The number of aryl methyl sites for hydroxylation is 2. The summed E-state index contributed by atoms with van der Waals surface area (Å²) in [7, 11) is 3.46. The number of carbonyl (C=O) groups excluding carboxylic acids is 2. The van der Waals surface area contributed by atoms with Crippen molar-refractivity contribution in [1.29, 1.82) is 5.26 Å². The molecule has 0 aliphatic carbocycles. The van der Waals surface area contributed by atoms with Gasteiger partial charge in [-0.3, -0.25) is 9.59 Å². The predicted molar refractivity (Wildman–Crippen MR) is 163 cm³/mol. The largest absolute Gasteiger partial charge is 0.326 e. The SMILES string of the molecule is Cc1cc(C(=O)N(C)c2ccc(Cl)cc2)ccc1C#N.Cc1cc(C(=O)N(C)c2ccc(Cl)cc2)ccc1CN. The summed E-state index contributed by atoms with van der Waals surface area (Å²) < 4.78 is 0. The molecule has 4 aromatic carbocycles. The molecule has 40 heavy (non-hydrogen) atoms. The van der Waals surface area contributed by atoms with Gasteiger partial charge in [0.1, 0.15) is 0 Å². The third-order valence-electron chi connectivity index (χ3n) is 6.44. The van der Waals surface area contributed by atoms with Crippen LogP contribution in [0.2, 0.25) is 10.0 Å². The summed E-state index contributed by atoms with van der Waals surface area (Å²) in [4.78, 5) is 28.0. The monoisotopic (exact) mass is 572 g/mol. The van der Waals surface area contributed by atoms with Gasteiger partial charge in [-0.25, -0.2) is 0 Å². The molecule has 0 aliphatic heterocycles. The molecule has 0 saturated carbocycles. The van der Waals surface area contributed by atoms with E-state index in [-0.39, 0.29) is 11.8 Å². The predicted octanol–water partition coefficient (Wildman–Crippen LogP) is 7.18. The van der Waals surface area contributed by atoms with Gasteiger partial charge in [0.25, 0.3) is 11.8 Å². The number of halogens is 2. The van der Waals surface area contributed by atoms with E-state index in [0.717, 1.165) is 28.1 Å². The van der Waals surface area contributed by atoms with Crippen LogP contribution in [0.3, 0.4) is 0 Å². The highest BCUT2D eigenvalue weighted by atomic mass is 35.5. The first-order valence-electron chi connectivity index (χ1n) is 12.4. The van der Waals surface area contributed by atoms with Gasteiger partial charge >= 0.3 is 0 Å². The molecule has 6 nitrogen and oxygen atoms in total. The van der Waals surface area contributed by atoms with Gasteiger partial charge in [-0.2, -0.15) is 5.26 Å². The Balaban J connectivity index is 0.000000220.